The van der Waals surface area contributed by atoms with Gasteiger partial charge in [0.2, 0.25) is 0 Å². The summed E-state index contributed by atoms with van der Waals surface area (Å²) in [5.41, 5.74) is 2.40. The van der Waals surface area contributed by atoms with Crippen molar-refractivity contribution >= 4 is 0 Å². The third-order valence-corrected chi connectivity index (χ3v) is 3.20. The average molecular weight is 271 g/mol. The second-order valence-corrected chi connectivity index (χ2v) is 4.63. The summed E-state index contributed by atoms with van der Waals surface area (Å²) in [6.07, 6.45) is 7.98. The lowest BCUT2D eigenvalue weighted by Crippen LogP contribution is -2.20. The second-order valence-electron chi connectivity index (χ2n) is 4.63. The molecule has 0 radical (unpaired) electrons. The maximum atomic E-state index is 5.09. The zero-order valence-electron chi connectivity index (χ0n) is 11.8. The van der Waals surface area contributed by atoms with Crippen molar-refractivity contribution in [2.75, 3.05) is 13.2 Å². The summed E-state index contributed by atoms with van der Waals surface area (Å²) in [4.78, 5) is 4.05. The lowest BCUT2D eigenvalue weighted by Gasteiger charge is -2.14. The number of nitrogens with zero attached hydrogens (tertiary/aromatic N) is 2. The van der Waals surface area contributed by atoms with E-state index >= 15 is 0 Å². The minimum Gasteiger partial charge on any atom is -0.502 e. The summed E-state index contributed by atoms with van der Waals surface area (Å²) < 4.78 is 7.09. The molecule has 0 saturated heterocycles. The molecule has 0 spiro atoms. The zero-order valence-corrected chi connectivity index (χ0v) is 11.8. The quantitative estimate of drug-likeness (QED) is 0.592. The Labute approximate surface area is 120 Å². The van der Waals surface area contributed by atoms with Gasteiger partial charge in [-0.15, -0.1) is 0 Å². The first-order chi connectivity index (χ1) is 9.81. The molecule has 20 heavy (non-hydrogen) atoms. The van der Waals surface area contributed by atoms with E-state index in [1.54, 1.807) is 12.5 Å². The normalized spacial score (nSPS) is 12.1. The van der Waals surface area contributed by atoms with E-state index in [4.69, 9.17) is 4.74 Å². The SMILES string of the molecule is C=COCCCNC(C)c1ccc(-n2ccnc2)cc1. The van der Waals surface area contributed by atoms with Crippen LogP contribution in [-0.2, 0) is 4.74 Å². The molecule has 1 N–H and O–H groups in total. The van der Waals surface area contributed by atoms with Crippen LogP contribution in [0.1, 0.15) is 24.9 Å². The van der Waals surface area contributed by atoms with Gasteiger partial charge in [-0.3, -0.25) is 0 Å². The van der Waals surface area contributed by atoms with Gasteiger partial charge in [-0.2, -0.15) is 0 Å². The molecular formula is C16H21N3O. The molecule has 0 aliphatic carbocycles. The van der Waals surface area contributed by atoms with Crippen LogP contribution in [0.2, 0.25) is 0 Å². The Kier molecular flexibility index (Phi) is 5.38. The largest absolute Gasteiger partial charge is 0.502 e. The number of ether oxygens (including phenoxy) is 1. The van der Waals surface area contributed by atoms with Crippen LogP contribution in [0, 0.1) is 0 Å². The summed E-state index contributed by atoms with van der Waals surface area (Å²) in [5, 5.41) is 3.48. The van der Waals surface area contributed by atoms with Gasteiger partial charge < -0.3 is 14.6 Å². The van der Waals surface area contributed by atoms with Crippen LogP contribution in [-0.4, -0.2) is 22.7 Å². The van der Waals surface area contributed by atoms with Crippen molar-refractivity contribution < 1.29 is 4.74 Å². The molecule has 1 aromatic carbocycles. The molecule has 0 saturated carbocycles. The zero-order chi connectivity index (χ0) is 14.2. The first kappa shape index (κ1) is 14.3. The summed E-state index contributed by atoms with van der Waals surface area (Å²) in [6.45, 7) is 7.33. The number of benzene rings is 1. The van der Waals surface area contributed by atoms with Gasteiger partial charge in [0, 0.05) is 24.1 Å². The number of hydrogen-bond donors (Lipinski definition) is 1. The number of hydrogen-bond acceptors (Lipinski definition) is 3. The van der Waals surface area contributed by atoms with Crippen molar-refractivity contribution in [1.29, 1.82) is 0 Å². The van der Waals surface area contributed by atoms with Crippen LogP contribution in [0.4, 0.5) is 0 Å². The van der Waals surface area contributed by atoms with E-state index in [0.29, 0.717) is 12.6 Å². The van der Waals surface area contributed by atoms with Gasteiger partial charge in [0.15, 0.2) is 0 Å². The van der Waals surface area contributed by atoms with Crippen molar-refractivity contribution in [3.63, 3.8) is 0 Å². The highest BCUT2D eigenvalue weighted by molar-refractivity contribution is 5.35. The fourth-order valence-electron chi connectivity index (χ4n) is 2.02. The summed E-state index contributed by atoms with van der Waals surface area (Å²) in [7, 11) is 0. The standard InChI is InChI=1S/C16H21N3O/c1-3-20-12-4-9-18-14(2)15-5-7-16(8-6-15)19-11-10-17-13-19/h3,5-8,10-11,13-14,18H,1,4,9,12H2,2H3. The van der Waals surface area contributed by atoms with Crippen LogP contribution >= 0.6 is 0 Å². The van der Waals surface area contributed by atoms with E-state index in [9.17, 15) is 0 Å². The van der Waals surface area contributed by atoms with Gasteiger partial charge in [0.25, 0.3) is 0 Å². The lowest BCUT2D eigenvalue weighted by atomic mass is 10.1. The monoisotopic (exact) mass is 271 g/mol. The molecule has 2 aromatic rings. The fraction of sp³-hybridized carbons (Fsp3) is 0.312. The molecule has 1 unspecified atom stereocenters. The predicted octanol–water partition coefficient (Wildman–Crippen LogP) is 3.07. The van der Waals surface area contributed by atoms with Crippen LogP contribution in [0.15, 0.2) is 55.8 Å². The van der Waals surface area contributed by atoms with E-state index in [0.717, 1.165) is 18.7 Å². The lowest BCUT2D eigenvalue weighted by molar-refractivity contribution is 0.243. The fourth-order valence-corrected chi connectivity index (χ4v) is 2.02. The van der Waals surface area contributed by atoms with Crippen molar-refractivity contribution in [1.82, 2.24) is 14.9 Å². The van der Waals surface area contributed by atoms with Gasteiger partial charge in [-0.05, 0) is 37.6 Å². The van der Waals surface area contributed by atoms with Crippen molar-refractivity contribution in [3.05, 3.63) is 61.4 Å². The smallest absolute Gasteiger partial charge is 0.0991 e. The maximum absolute atomic E-state index is 5.09. The second kappa shape index (κ2) is 7.50. The van der Waals surface area contributed by atoms with Crippen LogP contribution in [0.25, 0.3) is 5.69 Å². The predicted molar refractivity (Wildman–Crippen MR) is 80.7 cm³/mol. The highest BCUT2D eigenvalue weighted by Crippen LogP contribution is 2.15. The first-order valence-corrected chi connectivity index (χ1v) is 6.85. The molecule has 1 atom stereocenters. The molecular weight excluding hydrogens is 250 g/mol. The Balaban J connectivity index is 1.84. The molecule has 1 aromatic heterocycles. The highest BCUT2D eigenvalue weighted by Gasteiger charge is 2.04. The van der Waals surface area contributed by atoms with Crippen molar-refractivity contribution in [3.8, 4) is 5.69 Å². The minimum absolute atomic E-state index is 0.329. The van der Waals surface area contributed by atoms with Gasteiger partial charge in [-0.1, -0.05) is 18.7 Å². The van der Waals surface area contributed by atoms with E-state index in [1.807, 2.05) is 10.8 Å². The first-order valence-electron chi connectivity index (χ1n) is 6.85. The Morgan fingerprint density at radius 2 is 2.20 bits per heavy atom. The van der Waals surface area contributed by atoms with E-state index < -0.39 is 0 Å². The van der Waals surface area contributed by atoms with E-state index in [1.165, 1.54) is 11.8 Å². The van der Waals surface area contributed by atoms with Crippen molar-refractivity contribution in [2.24, 2.45) is 0 Å². The molecule has 2 rings (SSSR count). The number of imidazole rings is 1. The molecule has 1 heterocycles. The Morgan fingerprint density at radius 3 is 2.85 bits per heavy atom. The number of aromatic nitrogens is 2. The van der Waals surface area contributed by atoms with Gasteiger partial charge >= 0.3 is 0 Å². The minimum atomic E-state index is 0.329. The van der Waals surface area contributed by atoms with Gasteiger partial charge in [0.05, 0.1) is 19.2 Å². The van der Waals surface area contributed by atoms with Gasteiger partial charge in [-0.25, -0.2) is 4.98 Å². The molecule has 106 valence electrons. The molecule has 4 nitrogen and oxygen atoms in total. The Bertz CT molecular complexity index is 505. The average Bonchev–Trinajstić information content (AvgIpc) is 3.01. The summed E-state index contributed by atoms with van der Waals surface area (Å²) in [5.74, 6) is 0. The topological polar surface area (TPSA) is 39.1 Å². The van der Waals surface area contributed by atoms with Crippen molar-refractivity contribution in [2.45, 2.75) is 19.4 Å². The highest BCUT2D eigenvalue weighted by atomic mass is 16.5. The van der Waals surface area contributed by atoms with E-state index in [2.05, 4.69) is 48.1 Å². The Hall–Kier alpha value is -2.07. The Morgan fingerprint density at radius 1 is 1.40 bits per heavy atom. The molecule has 0 aliphatic rings. The third-order valence-electron chi connectivity index (χ3n) is 3.20. The maximum Gasteiger partial charge on any atom is 0.0991 e. The number of rotatable bonds is 8. The molecule has 0 fully saturated rings. The van der Waals surface area contributed by atoms with E-state index in [-0.39, 0.29) is 0 Å². The van der Waals surface area contributed by atoms with Gasteiger partial charge in [0.1, 0.15) is 0 Å². The molecule has 0 bridgehead atoms. The summed E-state index contributed by atoms with van der Waals surface area (Å²) in [6, 6.07) is 8.84. The van der Waals surface area contributed by atoms with Crippen LogP contribution < -0.4 is 5.32 Å². The summed E-state index contributed by atoms with van der Waals surface area (Å²) >= 11 is 0. The molecule has 0 amide bonds. The van der Waals surface area contributed by atoms with Crippen LogP contribution in [0.3, 0.4) is 0 Å². The third kappa shape index (κ3) is 3.96. The number of nitrogens with one attached hydrogen (secondary N) is 1. The molecule has 0 aliphatic heterocycles. The molecule has 4 heteroatoms. The van der Waals surface area contributed by atoms with Crippen LogP contribution in [0.5, 0.6) is 0 Å².